The quantitative estimate of drug-likeness (QED) is 0.364. The molecule has 0 spiro atoms. The molecule has 1 aromatic heterocycles. The number of rotatable bonds is 9. The van der Waals surface area contributed by atoms with Gasteiger partial charge in [-0.1, -0.05) is 57.2 Å². The summed E-state index contributed by atoms with van der Waals surface area (Å²) in [4.78, 5) is 11.8. The lowest BCUT2D eigenvalue weighted by molar-refractivity contribution is -0.144. The largest absolute Gasteiger partial charge is 0.461 e. The van der Waals surface area contributed by atoms with Gasteiger partial charge in [-0.05, 0) is 48.3 Å². The number of carbonyl (C=O) groups is 1. The van der Waals surface area contributed by atoms with Crippen molar-refractivity contribution in [3.8, 4) is 0 Å². The summed E-state index contributed by atoms with van der Waals surface area (Å²) in [5, 5.41) is 0.178. The molecule has 1 aromatic carbocycles. The highest BCUT2D eigenvalue weighted by atomic mass is 28.4. The van der Waals surface area contributed by atoms with Crippen LogP contribution in [0.4, 0.5) is 0 Å². The molecule has 0 unspecified atom stereocenters. The molecule has 0 amide bonds. The maximum Gasteiger partial charge on any atom is 0.306 e. The van der Waals surface area contributed by atoms with E-state index in [4.69, 9.17) is 13.6 Å². The van der Waals surface area contributed by atoms with E-state index in [0.717, 1.165) is 17.1 Å². The molecule has 0 atom stereocenters. The molecule has 4 nitrogen and oxygen atoms in total. The zero-order chi connectivity index (χ0) is 20.6. The van der Waals surface area contributed by atoms with Crippen LogP contribution in [0.25, 0.3) is 6.08 Å². The smallest absolute Gasteiger partial charge is 0.306 e. The second kappa shape index (κ2) is 9.89. The molecule has 152 valence electrons. The summed E-state index contributed by atoms with van der Waals surface area (Å²) < 4.78 is 17.2. The second-order valence-electron chi connectivity index (χ2n) is 8.44. The van der Waals surface area contributed by atoms with E-state index in [2.05, 4.69) is 33.9 Å². The minimum atomic E-state index is -1.78. The van der Waals surface area contributed by atoms with E-state index >= 15 is 0 Å². The molecule has 0 aliphatic carbocycles. The minimum absolute atomic E-state index is 0.178. The molecule has 0 saturated heterocycles. The molecule has 0 bridgehead atoms. The molecule has 0 saturated carbocycles. The third-order valence-corrected chi connectivity index (χ3v) is 9.58. The van der Waals surface area contributed by atoms with Crippen molar-refractivity contribution in [2.45, 2.75) is 65.0 Å². The predicted octanol–water partition coefficient (Wildman–Crippen LogP) is 6.34. The molecular weight excluding hydrogens is 368 g/mol. The van der Waals surface area contributed by atoms with Gasteiger partial charge in [-0.2, -0.15) is 0 Å². The van der Waals surface area contributed by atoms with Crippen molar-refractivity contribution in [1.29, 1.82) is 0 Å². The Labute approximate surface area is 169 Å². The van der Waals surface area contributed by atoms with Crippen molar-refractivity contribution in [2.75, 3.05) is 0 Å². The van der Waals surface area contributed by atoms with Gasteiger partial charge in [0.1, 0.15) is 18.1 Å². The standard InChI is InChI=1S/C23H32O4Si/c1-23(2,3)28(4,5)26-18-21-16-15-20(27-21)13-9-10-14-22(24)25-17-19-11-7-6-8-12-19/h6-9,11-13,15-16H,10,14,17-18H2,1-5H3/b13-9-. The fraction of sp³-hybridized carbons (Fsp3) is 0.435. The SMILES string of the molecule is CC(C)(C)[Si](C)(C)OCc1ccc(/C=C\CCC(=O)OCc2ccccc2)o1. The van der Waals surface area contributed by atoms with Crippen LogP contribution >= 0.6 is 0 Å². The van der Waals surface area contributed by atoms with Crippen LogP contribution in [0.1, 0.15) is 50.7 Å². The highest BCUT2D eigenvalue weighted by Gasteiger charge is 2.37. The van der Waals surface area contributed by atoms with Gasteiger partial charge in [-0.3, -0.25) is 4.79 Å². The summed E-state index contributed by atoms with van der Waals surface area (Å²) in [6.45, 7) is 11.9. The summed E-state index contributed by atoms with van der Waals surface area (Å²) in [5.41, 5.74) is 0.995. The van der Waals surface area contributed by atoms with Crippen LogP contribution in [0.5, 0.6) is 0 Å². The molecule has 2 aromatic rings. The van der Waals surface area contributed by atoms with Crippen molar-refractivity contribution in [2.24, 2.45) is 0 Å². The summed E-state index contributed by atoms with van der Waals surface area (Å²) in [6, 6.07) is 13.6. The first-order valence-corrected chi connectivity index (χ1v) is 12.7. The van der Waals surface area contributed by atoms with Crippen molar-refractivity contribution in [1.82, 2.24) is 0 Å². The molecule has 0 N–H and O–H groups in total. The molecule has 28 heavy (non-hydrogen) atoms. The molecule has 0 fully saturated rings. The van der Waals surface area contributed by atoms with Crippen LogP contribution in [0, 0.1) is 0 Å². The van der Waals surface area contributed by atoms with Gasteiger partial charge in [0.25, 0.3) is 0 Å². The molecular formula is C23H32O4Si. The van der Waals surface area contributed by atoms with Crippen molar-refractivity contribution in [3.63, 3.8) is 0 Å². The Morgan fingerprint density at radius 1 is 1.07 bits per heavy atom. The van der Waals surface area contributed by atoms with Crippen LogP contribution in [0.15, 0.2) is 53.0 Å². The summed E-state index contributed by atoms with van der Waals surface area (Å²) in [6.07, 6.45) is 4.79. The minimum Gasteiger partial charge on any atom is -0.461 e. The first kappa shape index (κ1) is 22.2. The van der Waals surface area contributed by atoms with Gasteiger partial charge in [0.05, 0.1) is 6.61 Å². The fourth-order valence-electron chi connectivity index (χ4n) is 2.24. The first-order valence-electron chi connectivity index (χ1n) is 9.76. The van der Waals surface area contributed by atoms with Crippen LogP contribution in [0.3, 0.4) is 0 Å². The summed E-state index contributed by atoms with van der Waals surface area (Å²) in [7, 11) is -1.78. The Morgan fingerprint density at radius 3 is 2.46 bits per heavy atom. The molecule has 1 heterocycles. The number of benzene rings is 1. The number of carbonyl (C=O) groups excluding carboxylic acids is 1. The lowest BCUT2D eigenvalue weighted by Crippen LogP contribution is -2.40. The Balaban J connectivity index is 1.71. The van der Waals surface area contributed by atoms with E-state index in [1.54, 1.807) is 0 Å². The maximum absolute atomic E-state index is 11.8. The predicted molar refractivity (Wildman–Crippen MR) is 115 cm³/mol. The zero-order valence-electron chi connectivity index (χ0n) is 17.7. The molecule has 2 rings (SSSR count). The normalized spacial score (nSPS) is 12.5. The van der Waals surface area contributed by atoms with E-state index < -0.39 is 8.32 Å². The van der Waals surface area contributed by atoms with Gasteiger partial charge in [-0.25, -0.2) is 0 Å². The number of esters is 1. The number of hydrogen-bond donors (Lipinski definition) is 0. The number of furan rings is 1. The van der Waals surface area contributed by atoms with Crippen LogP contribution in [-0.4, -0.2) is 14.3 Å². The van der Waals surface area contributed by atoms with Crippen molar-refractivity contribution >= 4 is 20.4 Å². The number of allylic oxidation sites excluding steroid dienone is 1. The molecule has 5 heteroatoms. The Morgan fingerprint density at radius 2 is 1.79 bits per heavy atom. The van der Waals surface area contributed by atoms with E-state index in [1.807, 2.05) is 54.6 Å². The van der Waals surface area contributed by atoms with E-state index in [1.165, 1.54) is 0 Å². The Bertz CT molecular complexity index is 769. The van der Waals surface area contributed by atoms with Gasteiger partial charge in [-0.15, -0.1) is 0 Å². The topological polar surface area (TPSA) is 48.7 Å². The van der Waals surface area contributed by atoms with Crippen LogP contribution in [0.2, 0.25) is 18.1 Å². The number of hydrogen-bond acceptors (Lipinski definition) is 4. The van der Waals surface area contributed by atoms with Gasteiger partial charge < -0.3 is 13.6 Å². The monoisotopic (exact) mass is 400 g/mol. The van der Waals surface area contributed by atoms with Gasteiger partial charge in [0.2, 0.25) is 0 Å². The van der Waals surface area contributed by atoms with E-state index in [-0.39, 0.29) is 11.0 Å². The highest BCUT2D eigenvalue weighted by Crippen LogP contribution is 2.37. The lowest BCUT2D eigenvalue weighted by Gasteiger charge is -2.35. The maximum atomic E-state index is 11.8. The number of ether oxygens (including phenoxy) is 1. The molecule has 0 radical (unpaired) electrons. The van der Waals surface area contributed by atoms with E-state index in [9.17, 15) is 4.79 Å². The van der Waals surface area contributed by atoms with Crippen LogP contribution < -0.4 is 0 Å². The third-order valence-electron chi connectivity index (χ3n) is 5.10. The fourth-order valence-corrected chi connectivity index (χ4v) is 3.18. The third kappa shape index (κ3) is 7.13. The summed E-state index contributed by atoms with van der Waals surface area (Å²) >= 11 is 0. The Hall–Kier alpha value is -2.11. The van der Waals surface area contributed by atoms with Gasteiger partial charge >= 0.3 is 5.97 Å². The zero-order valence-corrected chi connectivity index (χ0v) is 18.7. The average Bonchev–Trinajstić information content (AvgIpc) is 3.10. The Kier molecular flexibility index (Phi) is 7.84. The van der Waals surface area contributed by atoms with Gasteiger partial charge in [0, 0.05) is 6.42 Å². The second-order valence-corrected chi connectivity index (χ2v) is 13.2. The van der Waals surface area contributed by atoms with E-state index in [0.29, 0.717) is 26.1 Å². The van der Waals surface area contributed by atoms with Crippen LogP contribution in [-0.2, 0) is 27.2 Å². The lowest BCUT2D eigenvalue weighted by atomic mass is 10.2. The van der Waals surface area contributed by atoms with Gasteiger partial charge in [0.15, 0.2) is 8.32 Å². The first-order chi connectivity index (χ1) is 13.2. The molecule has 0 aliphatic heterocycles. The molecule has 0 aliphatic rings. The highest BCUT2D eigenvalue weighted by molar-refractivity contribution is 6.74. The summed E-state index contributed by atoms with van der Waals surface area (Å²) in [5.74, 6) is 1.40. The average molecular weight is 401 g/mol. The van der Waals surface area contributed by atoms with Crippen molar-refractivity contribution in [3.05, 3.63) is 65.6 Å². The van der Waals surface area contributed by atoms with Crippen molar-refractivity contribution < 1.29 is 18.4 Å².